The van der Waals surface area contributed by atoms with E-state index in [4.69, 9.17) is 4.74 Å². The van der Waals surface area contributed by atoms with Crippen molar-refractivity contribution in [1.29, 1.82) is 0 Å². The molecule has 0 aromatic rings. The fraction of sp³-hybridized carbons (Fsp3) is 0.900. The van der Waals surface area contributed by atoms with Crippen LogP contribution in [0.3, 0.4) is 0 Å². The third-order valence-electron chi connectivity index (χ3n) is 2.53. The number of hydrogen-bond acceptors (Lipinski definition) is 2. The highest BCUT2D eigenvalue weighted by Gasteiger charge is 2.28. The van der Waals surface area contributed by atoms with Crippen LogP contribution in [-0.2, 0) is 4.74 Å². The number of hydrogen-bond donors (Lipinski definition) is 0. The second-order valence-corrected chi connectivity index (χ2v) is 4.26. The molecular formula is C10H19NO. The van der Waals surface area contributed by atoms with Crippen LogP contribution in [0.5, 0.6) is 0 Å². The Morgan fingerprint density at radius 3 is 2.75 bits per heavy atom. The molecule has 1 heterocycles. The van der Waals surface area contributed by atoms with Crippen molar-refractivity contribution in [1.82, 2.24) is 0 Å². The molecule has 1 unspecified atom stereocenters. The van der Waals surface area contributed by atoms with Crippen molar-refractivity contribution in [3.8, 4) is 0 Å². The molecule has 70 valence electrons. The van der Waals surface area contributed by atoms with Crippen LogP contribution in [0.1, 0.15) is 40.0 Å². The SMILES string of the molecule is COC1=NC(C)CCCC1(C)C. The van der Waals surface area contributed by atoms with Gasteiger partial charge >= 0.3 is 0 Å². The van der Waals surface area contributed by atoms with Gasteiger partial charge < -0.3 is 4.74 Å². The fourth-order valence-electron chi connectivity index (χ4n) is 1.71. The molecule has 2 heteroatoms. The zero-order chi connectivity index (χ0) is 9.19. The molecule has 0 aromatic carbocycles. The summed E-state index contributed by atoms with van der Waals surface area (Å²) in [5, 5.41) is 0. The number of rotatable bonds is 0. The highest BCUT2D eigenvalue weighted by Crippen LogP contribution is 2.29. The summed E-state index contributed by atoms with van der Waals surface area (Å²) in [6.07, 6.45) is 3.63. The van der Waals surface area contributed by atoms with E-state index in [1.54, 1.807) is 7.11 Å². The second kappa shape index (κ2) is 3.46. The van der Waals surface area contributed by atoms with Crippen molar-refractivity contribution in [2.75, 3.05) is 7.11 Å². The van der Waals surface area contributed by atoms with Crippen molar-refractivity contribution in [3.63, 3.8) is 0 Å². The molecule has 0 spiro atoms. The van der Waals surface area contributed by atoms with Crippen LogP contribution in [0.15, 0.2) is 4.99 Å². The average molecular weight is 169 g/mol. The molecule has 0 aliphatic carbocycles. The predicted molar refractivity (Wildman–Crippen MR) is 51.5 cm³/mol. The Labute approximate surface area is 75.0 Å². The molecule has 0 saturated heterocycles. The molecule has 0 bridgehead atoms. The van der Waals surface area contributed by atoms with E-state index in [1.165, 1.54) is 19.3 Å². The molecule has 0 aromatic heterocycles. The number of aliphatic imine (C=N–C) groups is 1. The van der Waals surface area contributed by atoms with Gasteiger partial charge in [0.05, 0.1) is 13.2 Å². The maximum Gasteiger partial charge on any atom is 0.189 e. The largest absolute Gasteiger partial charge is 0.484 e. The molecule has 0 saturated carbocycles. The second-order valence-electron chi connectivity index (χ2n) is 4.26. The van der Waals surface area contributed by atoms with Crippen LogP contribution in [0, 0.1) is 5.41 Å². The highest BCUT2D eigenvalue weighted by atomic mass is 16.5. The van der Waals surface area contributed by atoms with E-state index in [0.717, 1.165) is 5.90 Å². The van der Waals surface area contributed by atoms with Gasteiger partial charge in [-0.1, -0.05) is 20.3 Å². The van der Waals surface area contributed by atoms with Crippen LogP contribution < -0.4 is 0 Å². The van der Waals surface area contributed by atoms with E-state index in [1.807, 2.05) is 0 Å². The van der Waals surface area contributed by atoms with Crippen molar-refractivity contribution < 1.29 is 4.74 Å². The zero-order valence-electron chi connectivity index (χ0n) is 8.55. The van der Waals surface area contributed by atoms with Gasteiger partial charge in [0, 0.05) is 5.41 Å². The smallest absolute Gasteiger partial charge is 0.189 e. The lowest BCUT2D eigenvalue weighted by Crippen LogP contribution is -2.25. The molecule has 1 atom stereocenters. The van der Waals surface area contributed by atoms with Crippen LogP contribution in [-0.4, -0.2) is 19.0 Å². The van der Waals surface area contributed by atoms with E-state index < -0.39 is 0 Å². The minimum Gasteiger partial charge on any atom is -0.484 e. The Morgan fingerprint density at radius 2 is 2.17 bits per heavy atom. The maximum atomic E-state index is 5.31. The first-order chi connectivity index (χ1) is 5.56. The van der Waals surface area contributed by atoms with E-state index in [9.17, 15) is 0 Å². The van der Waals surface area contributed by atoms with Crippen molar-refractivity contribution >= 4 is 5.90 Å². The molecule has 0 N–H and O–H groups in total. The van der Waals surface area contributed by atoms with E-state index in [2.05, 4.69) is 25.8 Å². The Kier molecular flexibility index (Phi) is 2.76. The quantitative estimate of drug-likeness (QED) is 0.546. The zero-order valence-corrected chi connectivity index (χ0v) is 8.55. The van der Waals surface area contributed by atoms with Crippen molar-refractivity contribution in [3.05, 3.63) is 0 Å². The highest BCUT2D eigenvalue weighted by molar-refractivity contribution is 5.82. The molecule has 1 aliphatic heterocycles. The first kappa shape index (κ1) is 9.56. The van der Waals surface area contributed by atoms with Crippen LogP contribution in [0.2, 0.25) is 0 Å². The lowest BCUT2D eigenvalue weighted by Gasteiger charge is -2.23. The lowest BCUT2D eigenvalue weighted by atomic mass is 9.87. The summed E-state index contributed by atoms with van der Waals surface area (Å²) in [6.45, 7) is 6.56. The molecule has 2 nitrogen and oxygen atoms in total. The fourth-order valence-corrected chi connectivity index (χ4v) is 1.71. The minimum absolute atomic E-state index is 0.138. The summed E-state index contributed by atoms with van der Waals surface area (Å²) in [4.78, 5) is 4.54. The van der Waals surface area contributed by atoms with Crippen molar-refractivity contribution in [2.45, 2.75) is 46.1 Å². The van der Waals surface area contributed by atoms with Crippen LogP contribution in [0.4, 0.5) is 0 Å². The third kappa shape index (κ3) is 1.99. The average Bonchev–Trinajstić information content (AvgIpc) is 2.10. The molecule has 1 aliphatic rings. The Hall–Kier alpha value is -0.530. The minimum atomic E-state index is 0.138. The Morgan fingerprint density at radius 1 is 1.50 bits per heavy atom. The van der Waals surface area contributed by atoms with Gasteiger partial charge in [-0.2, -0.15) is 0 Å². The topological polar surface area (TPSA) is 21.6 Å². The monoisotopic (exact) mass is 169 g/mol. The summed E-state index contributed by atoms with van der Waals surface area (Å²) in [5.74, 6) is 0.924. The van der Waals surface area contributed by atoms with E-state index in [-0.39, 0.29) is 5.41 Å². The number of methoxy groups -OCH3 is 1. The normalized spacial score (nSPS) is 29.0. The summed E-state index contributed by atoms with van der Waals surface area (Å²) in [6, 6.07) is 0.432. The summed E-state index contributed by atoms with van der Waals surface area (Å²) in [7, 11) is 1.72. The molecular weight excluding hydrogens is 150 g/mol. The van der Waals surface area contributed by atoms with Gasteiger partial charge in [0.1, 0.15) is 0 Å². The first-order valence-electron chi connectivity index (χ1n) is 4.68. The Balaban J connectivity index is 2.83. The summed E-state index contributed by atoms with van der Waals surface area (Å²) in [5.41, 5.74) is 0.138. The molecule has 0 amide bonds. The van der Waals surface area contributed by atoms with Crippen LogP contribution >= 0.6 is 0 Å². The lowest BCUT2D eigenvalue weighted by molar-refractivity contribution is 0.313. The standard InChI is InChI=1S/C10H19NO/c1-8-6-5-7-10(2,3)9(11-8)12-4/h8H,5-7H2,1-4H3. The maximum absolute atomic E-state index is 5.31. The van der Waals surface area contributed by atoms with Gasteiger partial charge in [0.25, 0.3) is 0 Å². The number of nitrogens with zero attached hydrogens (tertiary/aromatic N) is 1. The van der Waals surface area contributed by atoms with Gasteiger partial charge in [0.2, 0.25) is 0 Å². The van der Waals surface area contributed by atoms with Crippen molar-refractivity contribution in [2.24, 2.45) is 10.4 Å². The molecule has 0 radical (unpaired) electrons. The molecule has 12 heavy (non-hydrogen) atoms. The summed E-state index contributed by atoms with van der Waals surface area (Å²) >= 11 is 0. The van der Waals surface area contributed by atoms with Gasteiger partial charge in [-0.05, 0) is 19.8 Å². The van der Waals surface area contributed by atoms with Crippen LogP contribution in [0.25, 0.3) is 0 Å². The predicted octanol–water partition coefficient (Wildman–Crippen LogP) is 2.63. The first-order valence-corrected chi connectivity index (χ1v) is 4.68. The van der Waals surface area contributed by atoms with Gasteiger partial charge in [-0.15, -0.1) is 0 Å². The van der Waals surface area contributed by atoms with Gasteiger partial charge in [0.15, 0.2) is 5.90 Å². The number of ether oxygens (including phenoxy) is 1. The third-order valence-corrected chi connectivity index (χ3v) is 2.53. The summed E-state index contributed by atoms with van der Waals surface area (Å²) < 4.78 is 5.31. The Bertz CT molecular complexity index is 184. The van der Waals surface area contributed by atoms with Gasteiger partial charge in [-0.3, -0.25) is 4.99 Å². The van der Waals surface area contributed by atoms with E-state index >= 15 is 0 Å². The molecule has 0 fully saturated rings. The van der Waals surface area contributed by atoms with E-state index in [0.29, 0.717) is 6.04 Å². The molecule has 1 rings (SSSR count). The van der Waals surface area contributed by atoms with Gasteiger partial charge in [-0.25, -0.2) is 0 Å².